The summed E-state index contributed by atoms with van der Waals surface area (Å²) in [6, 6.07) is 14.8. The molecule has 31 heavy (non-hydrogen) atoms. The molecule has 0 radical (unpaired) electrons. The Morgan fingerprint density at radius 2 is 1.77 bits per heavy atom. The number of nitrogens with zero attached hydrogens (tertiary/aromatic N) is 2. The summed E-state index contributed by atoms with van der Waals surface area (Å²) >= 11 is 0. The van der Waals surface area contributed by atoms with Gasteiger partial charge in [0, 0.05) is 26.1 Å². The van der Waals surface area contributed by atoms with E-state index >= 15 is 0 Å². The van der Waals surface area contributed by atoms with E-state index in [1.54, 1.807) is 19.1 Å². The predicted octanol–water partition coefficient (Wildman–Crippen LogP) is 4.68. The molecule has 0 spiro atoms. The SMILES string of the molecule is CC(=O)N1CCc2ccccc2C1CC(=O)N(CCc1ccc(F)cc1)C1CCCC1. The largest absolute Gasteiger partial charge is 0.339 e. The molecule has 0 aromatic heterocycles. The molecule has 4 rings (SSSR count). The van der Waals surface area contributed by atoms with Gasteiger partial charge in [-0.3, -0.25) is 9.59 Å². The van der Waals surface area contributed by atoms with E-state index in [1.165, 1.54) is 17.7 Å². The molecule has 1 atom stereocenters. The van der Waals surface area contributed by atoms with E-state index < -0.39 is 0 Å². The van der Waals surface area contributed by atoms with Crippen molar-refractivity contribution in [2.75, 3.05) is 13.1 Å². The Labute approximate surface area is 184 Å². The van der Waals surface area contributed by atoms with E-state index in [0.29, 0.717) is 25.9 Å². The van der Waals surface area contributed by atoms with Crippen LogP contribution in [-0.2, 0) is 22.4 Å². The molecule has 0 N–H and O–H groups in total. The lowest BCUT2D eigenvalue weighted by Gasteiger charge is -2.38. The number of benzene rings is 2. The van der Waals surface area contributed by atoms with Crippen LogP contribution in [0.15, 0.2) is 48.5 Å². The highest BCUT2D eigenvalue weighted by Gasteiger charge is 2.34. The van der Waals surface area contributed by atoms with Gasteiger partial charge in [0.2, 0.25) is 11.8 Å². The summed E-state index contributed by atoms with van der Waals surface area (Å²) in [5, 5.41) is 0. The number of halogens is 1. The van der Waals surface area contributed by atoms with Gasteiger partial charge >= 0.3 is 0 Å². The van der Waals surface area contributed by atoms with E-state index in [0.717, 1.165) is 43.2 Å². The first-order valence-corrected chi connectivity index (χ1v) is 11.4. The van der Waals surface area contributed by atoms with Crippen LogP contribution in [0.5, 0.6) is 0 Å². The van der Waals surface area contributed by atoms with Gasteiger partial charge in [-0.05, 0) is 54.5 Å². The highest BCUT2D eigenvalue weighted by Crippen LogP contribution is 2.34. The smallest absolute Gasteiger partial charge is 0.225 e. The van der Waals surface area contributed by atoms with Crippen LogP contribution in [0.1, 0.15) is 61.8 Å². The van der Waals surface area contributed by atoms with Gasteiger partial charge in [-0.1, -0.05) is 49.2 Å². The molecule has 1 heterocycles. The zero-order valence-electron chi connectivity index (χ0n) is 18.2. The van der Waals surface area contributed by atoms with Crippen LogP contribution in [0.4, 0.5) is 4.39 Å². The summed E-state index contributed by atoms with van der Waals surface area (Å²) < 4.78 is 13.2. The molecule has 2 aromatic carbocycles. The van der Waals surface area contributed by atoms with Gasteiger partial charge in [-0.25, -0.2) is 4.39 Å². The maximum atomic E-state index is 13.6. The Morgan fingerprint density at radius 3 is 2.48 bits per heavy atom. The van der Waals surface area contributed by atoms with Crippen LogP contribution in [-0.4, -0.2) is 40.7 Å². The second-order valence-electron chi connectivity index (χ2n) is 8.78. The van der Waals surface area contributed by atoms with E-state index in [1.807, 2.05) is 21.9 Å². The quantitative estimate of drug-likeness (QED) is 0.678. The van der Waals surface area contributed by atoms with Gasteiger partial charge in [0.1, 0.15) is 5.82 Å². The summed E-state index contributed by atoms with van der Waals surface area (Å²) in [6.07, 6.45) is 6.22. The number of carbonyl (C=O) groups excluding carboxylic acids is 2. The third-order valence-corrected chi connectivity index (χ3v) is 6.83. The minimum atomic E-state index is -0.243. The van der Waals surface area contributed by atoms with E-state index in [4.69, 9.17) is 0 Å². The molecule has 1 aliphatic carbocycles. The molecule has 2 amide bonds. The fourth-order valence-corrected chi connectivity index (χ4v) is 5.16. The van der Waals surface area contributed by atoms with E-state index in [-0.39, 0.29) is 29.7 Å². The van der Waals surface area contributed by atoms with Crippen molar-refractivity contribution < 1.29 is 14.0 Å². The Morgan fingerprint density at radius 1 is 1.06 bits per heavy atom. The summed E-state index contributed by atoms with van der Waals surface area (Å²) in [5.74, 6) is -0.110. The second kappa shape index (κ2) is 9.63. The van der Waals surface area contributed by atoms with E-state index in [2.05, 4.69) is 12.1 Å². The molecule has 1 aliphatic heterocycles. The number of fused-ring (bicyclic) bond motifs is 1. The maximum absolute atomic E-state index is 13.6. The molecular weight excluding hydrogens is 391 g/mol. The highest BCUT2D eigenvalue weighted by atomic mass is 19.1. The van der Waals surface area contributed by atoms with Crippen molar-refractivity contribution in [3.63, 3.8) is 0 Å². The minimum absolute atomic E-state index is 0.0195. The molecule has 4 nitrogen and oxygen atoms in total. The standard InChI is InChI=1S/C26H31FN2O2/c1-19(30)28-17-15-21-6-2-5-9-24(21)25(28)18-26(31)29(23-7-3-4-8-23)16-14-20-10-12-22(27)13-11-20/h2,5-6,9-13,23,25H,3-4,7-8,14-18H2,1H3. The zero-order valence-corrected chi connectivity index (χ0v) is 18.2. The second-order valence-corrected chi connectivity index (χ2v) is 8.78. The predicted molar refractivity (Wildman–Crippen MR) is 119 cm³/mol. The van der Waals surface area contributed by atoms with E-state index in [9.17, 15) is 14.0 Å². The first kappa shape index (κ1) is 21.5. The fourth-order valence-electron chi connectivity index (χ4n) is 5.16. The van der Waals surface area contributed by atoms with Gasteiger partial charge in [0.05, 0.1) is 12.5 Å². The fraction of sp³-hybridized carbons (Fsp3) is 0.462. The van der Waals surface area contributed by atoms with Crippen molar-refractivity contribution in [3.05, 3.63) is 71.0 Å². The molecule has 1 unspecified atom stereocenters. The van der Waals surface area contributed by atoms with Gasteiger partial charge in [-0.15, -0.1) is 0 Å². The van der Waals surface area contributed by atoms with Crippen LogP contribution in [0, 0.1) is 5.82 Å². The lowest BCUT2D eigenvalue weighted by molar-refractivity contribution is -0.138. The van der Waals surface area contributed by atoms with Crippen molar-refractivity contribution in [3.8, 4) is 0 Å². The van der Waals surface area contributed by atoms with Crippen LogP contribution in [0.2, 0.25) is 0 Å². The first-order chi connectivity index (χ1) is 15.0. The van der Waals surface area contributed by atoms with Gasteiger partial charge in [0.15, 0.2) is 0 Å². The minimum Gasteiger partial charge on any atom is -0.339 e. The normalized spacial score (nSPS) is 18.6. The molecular formula is C26H31FN2O2. The summed E-state index contributed by atoms with van der Waals surface area (Å²) in [6.45, 7) is 2.88. The topological polar surface area (TPSA) is 40.6 Å². The lowest BCUT2D eigenvalue weighted by atomic mass is 9.90. The monoisotopic (exact) mass is 422 g/mol. The van der Waals surface area contributed by atoms with Crippen molar-refractivity contribution >= 4 is 11.8 Å². The van der Waals surface area contributed by atoms with Crippen molar-refractivity contribution in [1.29, 1.82) is 0 Å². The molecule has 2 aromatic rings. The van der Waals surface area contributed by atoms with Gasteiger partial charge < -0.3 is 9.80 Å². The zero-order chi connectivity index (χ0) is 21.8. The van der Waals surface area contributed by atoms with Gasteiger partial charge in [-0.2, -0.15) is 0 Å². The third-order valence-electron chi connectivity index (χ3n) is 6.83. The maximum Gasteiger partial charge on any atom is 0.225 e. The Kier molecular flexibility index (Phi) is 6.69. The van der Waals surface area contributed by atoms with Crippen molar-refractivity contribution in [2.24, 2.45) is 0 Å². The van der Waals surface area contributed by atoms with Crippen LogP contribution in [0.25, 0.3) is 0 Å². The van der Waals surface area contributed by atoms with Crippen molar-refractivity contribution in [2.45, 2.75) is 64.0 Å². The Hall–Kier alpha value is -2.69. The number of carbonyl (C=O) groups is 2. The van der Waals surface area contributed by atoms with Gasteiger partial charge in [0.25, 0.3) is 0 Å². The summed E-state index contributed by atoms with van der Waals surface area (Å²) in [7, 11) is 0. The number of rotatable bonds is 6. The number of hydrogen-bond donors (Lipinski definition) is 0. The Balaban J connectivity index is 1.53. The highest BCUT2D eigenvalue weighted by molar-refractivity contribution is 5.80. The molecule has 0 bridgehead atoms. The molecule has 164 valence electrons. The lowest BCUT2D eigenvalue weighted by Crippen LogP contribution is -2.45. The molecule has 1 fully saturated rings. The van der Waals surface area contributed by atoms with Crippen LogP contribution >= 0.6 is 0 Å². The molecule has 5 heteroatoms. The third kappa shape index (κ3) is 4.97. The number of hydrogen-bond acceptors (Lipinski definition) is 2. The molecule has 1 saturated carbocycles. The Bertz CT molecular complexity index is 921. The van der Waals surface area contributed by atoms with Crippen LogP contribution < -0.4 is 0 Å². The average Bonchev–Trinajstić information content (AvgIpc) is 3.30. The first-order valence-electron chi connectivity index (χ1n) is 11.4. The number of amides is 2. The van der Waals surface area contributed by atoms with Crippen LogP contribution in [0.3, 0.4) is 0 Å². The summed E-state index contributed by atoms with van der Waals surface area (Å²) in [4.78, 5) is 29.8. The van der Waals surface area contributed by atoms with Crippen molar-refractivity contribution in [1.82, 2.24) is 9.80 Å². The molecule has 0 saturated heterocycles. The average molecular weight is 423 g/mol. The summed E-state index contributed by atoms with van der Waals surface area (Å²) in [5.41, 5.74) is 3.37. The molecule has 2 aliphatic rings.